The van der Waals surface area contributed by atoms with Gasteiger partial charge in [0.15, 0.2) is 30.8 Å². The van der Waals surface area contributed by atoms with Crippen LogP contribution in [0.25, 0.3) is 0 Å². The lowest BCUT2D eigenvalue weighted by atomic mass is 9.40. The predicted molar refractivity (Wildman–Crippen MR) is 292 cm³/mol. The van der Waals surface area contributed by atoms with Gasteiger partial charge < -0.3 is 93.0 Å². The SMILES string of the molecule is CO[C@@H]1[C@@H](O)[C@H](O[C@@H]2[C@@H](O)[C@H](O[C@H]3[C@H](O)[C@@H](O)[C@H](O[C@H]4[C@H](O[C@H]5CC[C@]6(C)[C@@H]7CC[C@]89C(=O)O[C@@](C)(C(CC=C(C)C)OC(C)=O)[C@H]8CC[C@@]9(C)C7=CC[C@H]6C5(C)C)OC[C@@H](OS(=O)(=O)O)[C@@H]4O)O[C@@H]3C)O[C@H](COS(=O)(=O)O)[C@H]2O)O[C@H](CO)[C@H]1O. The summed E-state index contributed by atoms with van der Waals surface area (Å²) in [6.45, 7) is 14.6. The molecular formula is C56H88O29S2. The third-order valence-corrected chi connectivity index (χ3v) is 21.9. The summed E-state index contributed by atoms with van der Waals surface area (Å²) in [6, 6.07) is 0. The van der Waals surface area contributed by atoms with Crippen LogP contribution in [0.15, 0.2) is 23.3 Å². The molecule has 0 amide bonds. The van der Waals surface area contributed by atoms with E-state index in [1.54, 1.807) is 0 Å². The highest BCUT2D eigenvalue weighted by Crippen LogP contribution is 2.76. The Bertz CT molecular complexity index is 2780. The topological polar surface area (TPSA) is 425 Å². The van der Waals surface area contributed by atoms with Crippen LogP contribution >= 0.6 is 0 Å². The maximum Gasteiger partial charge on any atom is 0.397 e. The van der Waals surface area contributed by atoms with Crippen molar-refractivity contribution in [3.05, 3.63) is 23.3 Å². The third-order valence-electron chi connectivity index (χ3n) is 21.0. The summed E-state index contributed by atoms with van der Waals surface area (Å²) in [6.07, 6.45) is -26.7. The van der Waals surface area contributed by atoms with Gasteiger partial charge in [-0.3, -0.25) is 18.7 Å². The molecule has 9 aliphatic rings. The molecule has 5 saturated heterocycles. The lowest BCUT2D eigenvalue weighted by Crippen LogP contribution is -2.67. The van der Waals surface area contributed by atoms with Crippen molar-refractivity contribution in [1.29, 1.82) is 0 Å². The molecule has 0 radical (unpaired) electrons. The van der Waals surface area contributed by atoms with Crippen molar-refractivity contribution in [3.63, 3.8) is 0 Å². The van der Waals surface area contributed by atoms with Gasteiger partial charge in [0, 0.05) is 31.8 Å². The number of aliphatic hydroxyl groups is 8. The van der Waals surface area contributed by atoms with Gasteiger partial charge in [-0.15, -0.1) is 0 Å². The summed E-state index contributed by atoms with van der Waals surface area (Å²) < 4.78 is 141. The van der Waals surface area contributed by atoms with E-state index in [4.69, 9.17) is 56.3 Å². The first-order valence-electron chi connectivity index (χ1n) is 29.6. The normalized spacial score (nSPS) is 47.5. The predicted octanol–water partition coefficient (Wildman–Crippen LogP) is -0.192. The summed E-state index contributed by atoms with van der Waals surface area (Å²) >= 11 is 0. The van der Waals surface area contributed by atoms with Crippen molar-refractivity contribution >= 4 is 32.7 Å². The van der Waals surface area contributed by atoms with E-state index in [-0.39, 0.29) is 29.1 Å². The molecule has 8 fully saturated rings. The molecule has 0 bridgehead atoms. The number of hydrogen-bond donors (Lipinski definition) is 10. The van der Waals surface area contributed by atoms with Gasteiger partial charge in [0.25, 0.3) is 0 Å². The Kier molecular flexibility index (Phi) is 20.1. The van der Waals surface area contributed by atoms with Gasteiger partial charge in [0.05, 0.1) is 37.4 Å². The Labute approximate surface area is 505 Å². The Balaban J connectivity index is 0.919. The summed E-state index contributed by atoms with van der Waals surface area (Å²) in [7, 11) is -9.27. The molecular weight excluding hydrogens is 1200 g/mol. The van der Waals surface area contributed by atoms with Crippen molar-refractivity contribution in [2.24, 2.45) is 39.4 Å². The van der Waals surface area contributed by atoms with Crippen molar-refractivity contribution in [1.82, 2.24) is 0 Å². The molecule has 87 heavy (non-hydrogen) atoms. The first kappa shape index (κ1) is 68.8. The summed E-state index contributed by atoms with van der Waals surface area (Å²) in [5.74, 6) is -0.893. The van der Waals surface area contributed by atoms with E-state index in [9.17, 15) is 76.4 Å². The zero-order valence-corrected chi connectivity index (χ0v) is 52.0. The highest BCUT2D eigenvalue weighted by molar-refractivity contribution is 7.81. The molecule has 0 aromatic rings. The van der Waals surface area contributed by atoms with E-state index in [1.165, 1.54) is 19.4 Å². The summed E-state index contributed by atoms with van der Waals surface area (Å²) in [5.41, 5.74) is -1.15. The number of fused-ring (bicyclic) bond motifs is 4. The van der Waals surface area contributed by atoms with Gasteiger partial charge in [-0.05, 0) is 95.3 Å². The fourth-order valence-electron chi connectivity index (χ4n) is 16.6. The number of esters is 2. The number of carbonyl (C=O) groups is 2. The molecule has 1 spiro atoms. The Morgan fingerprint density at radius 2 is 1.33 bits per heavy atom. The number of carbonyl (C=O) groups excluding carboxylic acids is 2. The van der Waals surface area contributed by atoms with Crippen LogP contribution in [0.4, 0.5) is 0 Å². The molecule has 9 rings (SSSR count). The van der Waals surface area contributed by atoms with Gasteiger partial charge in [0.1, 0.15) is 91.6 Å². The number of methoxy groups -OCH3 is 1. The van der Waals surface area contributed by atoms with Crippen molar-refractivity contribution in [2.45, 2.75) is 248 Å². The molecule has 3 saturated carbocycles. The monoisotopic (exact) mass is 1290 g/mol. The van der Waals surface area contributed by atoms with E-state index in [2.05, 4.69) is 38.0 Å². The van der Waals surface area contributed by atoms with E-state index < -0.39 is 197 Å². The first-order valence-corrected chi connectivity index (χ1v) is 32.3. The molecule has 5 heterocycles. The fraction of sp³-hybridized carbons (Fsp3) is 0.893. The van der Waals surface area contributed by atoms with E-state index >= 15 is 0 Å². The third kappa shape index (κ3) is 12.6. The molecule has 4 aliphatic carbocycles. The molecule has 29 nitrogen and oxygen atoms in total. The molecule has 5 aliphatic heterocycles. The number of aliphatic hydroxyl groups excluding tert-OH is 8. The average Bonchev–Trinajstić information content (AvgIpc) is 1.55. The van der Waals surface area contributed by atoms with Crippen LogP contribution in [0.3, 0.4) is 0 Å². The van der Waals surface area contributed by atoms with Crippen LogP contribution in [0.2, 0.25) is 0 Å². The van der Waals surface area contributed by atoms with E-state index in [1.807, 2.05) is 26.8 Å². The minimum absolute atomic E-state index is 0.0318. The summed E-state index contributed by atoms with van der Waals surface area (Å²) in [4.78, 5) is 27.2. The van der Waals surface area contributed by atoms with Crippen LogP contribution in [0.1, 0.15) is 114 Å². The second-order valence-corrected chi connectivity index (χ2v) is 28.6. The molecule has 31 heteroatoms. The second-order valence-electron chi connectivity index (χ2n) is 26.5. The Morgan fingerprint density at radius 1 is 0.713 bits per heavy atom. The number of hydrogen-bond acceptors (Lipinski definition) is 27. The highest BCUT2D eigenvalue weighted by atomic mass is 32.3. The van der Waals surface area contributed by atoms with Gasteiger partial charge in [-0.1, -0.05) is 51.0 Å². The van der Waals surface area contributed by atoms with Crippen LogP contribution < -0.4 is 0 Å². The van der Waals surface area contributed by atoms with E-state index in [0.29, 0.717) is 44.9 Å². The van der Waals surface area contributed by atoms with Gasteiger partial charge >= 0.3 is 32.7 Å². The fourth-order valence-corrected chi connectivity index (χ4v) is 17.4. The van der Waals surface area contributed by atoms with Crippen LogP contribution in [-0.2, 0) is 90.9 Å². The zero-order valence-electron chi connectivity index (χ0n) is 50.3. The number of rotatable bonds is 19. The van der Waals surface area contributed by atoms with Crippen LogP contribution in [0, 0.1) is 39.4 Å². The standard InChI is InChI=1S/C56H88O29S2/c1-24(2)11-14-35(77-26(4)58)55(9)33-16-19-54(8)28-12-13-32-52(5,6)34(17-18-53(32,7)27(28)15-20-56(33,54)51(66)84-55)80-50-46(38(61)31(22-74-50)85-87(70,71)72)83-47-40(63)39(62)43(25(3)76-47)81-49-42(65)45(37(60)30(79-49)23-75-86(67,68)69)82-48-41(64)44(73-10)36(59)29(21-57)78-48/h11-12,25,27,29-50,57,59-65H,13-23H2,1-10H3,(H,67,68,69)(H,70,71,72)/t25-,27-,29-,30-,31-,32+,33-,34+,35?,36-,37-,38+,39-,40-,41-,42-,43-,44+,45+,46-,47+,48+,49+,50+,53-,54+,55-,56-/m1/s1. The molecule has 28 atom stereocenters. The van der Waals surface area contributed by atoms with Crippen molar-refractivity contribution in [3.8, 4) is 0 Å². The van der Waals surface area contributed by atoms with Gasteiger partial charge in [-0.2, -0.15) is 16.8 Å². The summed E-state index contributed by atoms with van der Waals surface area (Å²) in [5, 5.41) is 89.7. The quantitative estimate of drug-likeness (QED) is 0.0455. The van der Waals surface area contributed by atoms with Gasteiger partial charge in [-0.25, -0.2) is 8.37 Å². The number of cyclic esters (lactones) is 1. The lowest BCUT2D eigenvalue weighted by molar-refractivity contribution is -0.389. The second kappa shape index (κ2) is 25.4. The Hall–Kier alpha value is -2.52. The first-order chi connectivity index (χ1) is 40.5. The smallest absolute Gasteiger partial charge is 0.397 e. The van der Waals surface area contributed by atoms with Gasteiger partial charge in [0.2, 0.25) is 0 Å². The van der Waals surface area contributed by atoms with Crippen molar-refractivity contribution < 1.29 is 137 Å². The maximum absolute atomic E-state index is 14.7. The molecule has 0 aromatic heterocycles. The van der Waals surface area contributed by atoms with Crippen LogP contribution in [-0.4, -0.2) is 240 Å². The van der Waals surface area contributed by atoms with Crippen LogP contribution in [0.5, 0.6) is 0 Å². The minimum Gasteiger partial charge on any atom is -0.458 e. The zero-order chi connectivity index (χ0) is 64.1. The average molecular weight is 1290 g/mol. The molecule has 10 N–H and O–H groups in total. The maximum atomic E-state index is 14.7. The number of allylic oxidation sites excluding steroid dienone is 3. The highest BCUT2D eigenvalue weighted by Gasteiger charge is 2.78. The molecule has 1 unspecified atom stereocenters. The lowest BCUT2D eigenvalue weighted by Gasteiger charge is -2.64. The minimum atomic E-state index is -5.22. The van der Waals surface area contributed by atoms with E-state index in [0.717, 1.165) is 19.1 Å². The largest absolute Gasteiger partial charge is 0.458 e. The molecule has 0 aromatic carbocycles. The molecule has 498 valence electrons. The Morgan fingerprint density at radius 3 is 1.95 bits per heavy atom. The van der Waals surface area contributed by atoms with Crippen molar-refractivity contribution in [2.75, 3.05) is 26.9 Å². The number of ether oxygens (including phenoxy) is 11.